The van der Waals surface area contributed by atoms with Gasteiger partial charge in [-0.2, -0.15) is 9.97 Å². The predicted molar refractivity (Wildman–Crippen MR) is 228 cm³/mol. The molecule has 0 saturated heterocycles. The van der Waals surface area contributed by atoms with Crippen LogP contribution in [0.3, 0.4) is 0 Å². The smallest absolute Gasteiger partial charge is 0.238 e. The summed E-state index contributed by atoms with van der Waals surface area (Å²) in [7, 11) is 0. The average molecular weight is 701 g/mol. The van der Waals surface area contributed by atoms with Gasteiger partial charge in [0.2, 0.25) is 5.95 Å². The molecule has 11 aromatic rings. The molecule has 0 atom stereocenters. The summed E-state index contributed by atoms with van der Waals surface area (Å²) in [5.41, 5.74) is 8.74. The maximum Gasteiger partial charge on any atom is 0.238 e. The molecule has 0 aliphatic rings. The monoisotopic (exact) mass is 700 g/mol. The second kappa shape index (κ2) is 12.6. The summed E-state index contributed by atoms with van der Waals surface area (Å²) in [6, 6.07) is 68.8. The van der Waals surface area contributed by atoms with Crippen molar-refractivity contribution in [2.24, 2.45) is 0 Å². The molecule has 0 amide bonds. The summed E-state index contributed by atoms with van der Waals surface area (Å²) in [6.45, 7) is 0. The zero-order valence-electron chi connectivity index (χ0n) is 29.8. The van der Waals surface area contributed by atoms with Gasteiger partial charge in [-0.15, -0.1) is 0 Å². The van der Waals surface area contributed by atoms with Crippen molar-refractivity contribution < 1.29 is 0 Å². The summed E-state index contributed by atoms with van der Waals surface area (Å²) in [6.07, 6.45) is 0. The Kier molecular flexibility index (Phi) is 7.14. The third kappa shape index (κ3) is 5.19. The normalized spacial score (nSPS) is 11.6. The van der Waals surface area contributed by atoms with Crippen molar-refractivity contribution in [3.8, 4) is 51.0 Å². The highest BCUT2D eigenvalue weighted by atomic mass is 15.2. The molecular formula is C51H32N4. The SMILES string of the molecule is c1ccc(-c2nc(-c3ccc(-c4ccc(-c5c6ccccc6cc6c5ccc5ccccc56)cc4)cc3)nc(-n3c4ccccc4c4ccccc43)n2)cc1. The van der Waals surface area contributed by atoms with Gasteiger partial charge in [0.05, 0.1) is 11.0 Å². The standard InChI is InChI=1S/C51H32N4/c1-2-13-37(14-3-1)49-52-50(54-51(53-49)55-46-20-10-8-18-42(46)43-19-9-11-21-47(43)55)38-28-24-34(25-29-38)33-22-26-36(27-23-33)48-41-17-7-5-15-39(41)32-45-40-16-6-4-12-35(40)30-31-44(45)48/h1-32H. The van der Waals surface area contributed by atoms with Crippen LogP contribution in [0.25, 0.3) is 105 Å². The highest BCUT2D eigenvalue weighted by molar-refractivity contribution is 6.20. The summed E-state index contributed by atoms with van der Waals surface area (Å²) >= 11 is 0. The van der Waals surface area contributed by atoms with E-state index in [9.17, 15) is 0 Å². The van der Waals surface area contributed by atoms with Crippen LogP contribution in [0.1, 0.15) is 0 Å². The lowest BCUT2D eigenvalue weighted by Crippen LogP contribution is -2.06. The van der Waals surface area contributed by atoms with Crippen LogP contribution < -0.4 is 0 Å². The molecule has 0 saturated carbocycles. The molecule has 2 aromatic heterocycles. The van der Waals surface area contributed by atoms with E-state index in [1.54, 1.807) is 0 Å². The Morgan fingerprint density at radius 3 is 1.44 bits per heavy atom. The van der Waals surface area contributed by atoms with Crippen LogP contribution in [0.4, 0.5) is 0 Å². The minimum Gasteiger partial charge on any atom is -0.278 e. The van der Waals surface area contributed by atoms with Crippen LogP contribution in [-0.4, -0.2) is 19.5 Å². The fourth-order valence-corrected chi connectivity index (χ4v) is 8.22. The lowest BCUT2D eigenvalue weighted by atomic mass is 9.89. The third-order valence-electron chi connectivity index (χ3n) is 10.9. The Hall–Kier alpha value is -7.43. The first-order valence-corrected chi connectivity index (χ1v) is 18.6. The van der Waals surface area contributed by atoms with Crippen LogP contribution in [0.5, 0.6) is 0 Å². The van der Waals surface area contributed by atoms with Crippen LogP contribution in [0.15, 0.2) is 194 Å². The molecular weight excluding hydrogens is 669 g/mol. The van der Waals surface area contributed by atoms with Crippen LogP contribution >= 0.6 is 0 Å². The molecule has 0 aliphatic carbocycles. The molecule has 4 heteroatoms. The number of hydrogen-bond acceptors (Lipinski definition) is 3. The number of rotatable bonds is 5. The lowest BCUT2D eigenvalue weighted by Gasteiger charge is -2.14. The van der Waals surface area contributed by atoms with Gasteiger partial charge in [0.1, 0.15) is 0 Å². The van der Waals surface area contributed by atoms with Crippen molar-refractivity contribution >= 4 is 54.1 Å². The lowest BCUT2D eigenvalue weighted by molar-refractivity contribution is 0.953. The van der Waals surface area contributed by atoms with E-state index in [4.69, 9.17) is 15.0 Å². The summed E-state index contributed by atoms with van der Waals surface area (Å²) < 4.78 is 2.15. The van der Waals surface area contributed by atoms with E-state index in [0.717, 1.165) is 33.3 Å². The highest BCUT2D eigenvalue weighted by Gasteiger charge is 2.18. The Balaban J connectivity index is 0.997. The quantitative estimate of drug-likeness (QED) is 0.133. The Morgan fingerprint density at radius 1 is 0.291 bits per heavy atom. The predicted octanol–water partition coefficient (Wildman–Crippen LogP) is 13.1. The van der Waals surface area contributed by atoms with Crippen LogP contribution in [0, 0.1) is 0 Å². The first kappa shape index (κ1) is 31.1. The van der Waals surface area contributed by atoms with E-state index in [2.05, 4.69) is 168 Å². The van der Waals surface area contributed by atoms with Gasteiger partial charge in [0, 0.05) is 21.9 Å². The van der Waals surface area contributed by atoms with Gasteiger partial charge in [-0.3, -0.25) is 4.57 Å². The fraction of sp³-hybridized carbons (Fsp3) is 0. The Labute approximate surface area is 317 Å². The minimum absolute atomic E-state index is 0.592. The van der Waals surface area contributed by atoms with Gasteiger partial charge in [-0.1, -0.05) is 176 Å². The van der Waals surface area contributed by atoms with Crippen LogP contribution in [-0.2, 0) is 0 Å². The van der Waals surface area contributed by atoms with Crippen LogP contribution in [0.2, 0.25) is 0 Å². The molecule has 0 N–H and O–H groups in total. The van der Waals surface area contributed by atoms with Gasteiger partial charge >= 0.3 is 0 Å². The minimum atomic E-state index is 0.592. The number of fused-ring (bicyclic) bond motifs is 7. The zero-order valence-corrected chi connectivity index (χ0v) is 29.8. The van der Waals surface area contributed by atoms with Gasteiger partial charge in [-0.05, 0) is 72.8 Å². The maximum atomic E-state index is 5.13. The van der Waals surface area contributed by atoms with Crippen molar-refractivity contribution in [1.29, 1.82) is 0 Å². The first-order chi connectivity index (χ1) is 27.3. The summed E-state index contributed by atoms with van der Waals surface area (Å²) in [5.74, 6) is 1.86. The number of aromatic nitrogens is 4. The summed E-state index contributed by atoms with van der Waals surface area (Å²) in [4.78, 5) is 15.2. The topological polar surface area (TPSA) is 43.6 Å². The molecule has 0 fully saturated rings. The van der Waals surface area contributed by atoms with E-state index in [0.29, 0.717) is 17.6 Å². The number of para-hydroxylation sites is 2. The average Bonchev–Trinajstić information content (AvgIpc) is 3.60. The van der Waals surface area contributed by atoms with Gasteiger partial charge in [0.15, 0.2) is 11.6 Å². The van der Waals surface area contributed by atoms with Crippen molar-refractivity contribution in [2.75, 3.05) is 0 Å². The molecule has 2 heterocycles. The Morgan fingerprint density at radius 2 is 0.782 bits per heavy atom. The van der Waals surface area contributed by atoms with Gasteiger partial charge < -0.3 is 0 Å². The molecule has 256 valence electrons. The van der Waals surface area contributed by atoms with E-state index in [1.807, 2.05) is 30.3 Å². The van der Waals surface area contributed by atoms with E-state index in [1.165, 1.54) is 54.2 Å². The maximum absolute atomic E-state index is 5.13. The van der Waals surface area contributed by atoms with Crippen molar-refractivity contribution in [1.82, 2.24) is 19.5 Å². The molecule has 0 bridgehead atoms. The van der Waals surface area contributed by atoms with E-state index < -0.39 is 0 Å². The van der Waals surface area contributed by atoms with Gasteiger partial charge in [-0.25, -0.2) is 4.98 Å². The zero-order chi connectivity index (χ0) is 36.3. The second-order valence-corrected chi connectivity index (χ2v) is 14.0. The molecule has 9 aromatic carbocycles. The van der Waals surface area contributed by atoms with E-state index in [-0.39, 0.29) is 0 Å². The fourth-order valence-electron chi connectivity index (χ4n) is 8.22. The van der Waals surface area contributed by atoms with Crippen molar-refractivity contribution in [2.45, 2.75) is 0 Å². The molecule has 0 aliphatic heterocycles. The molecule has 4 nitrogen and oxygen atoms in total. The van der Waals surface area contributed by atoms with Crippen molar-refractivity contribution in [3.63, 3.8) is 0 Å². The van der Waals surface area contributed by atoms with E-state index >= 15 is 0 Å². The molecule has 0 spiro atoms. The number of benzene rings is 9. The molecule has 0 radical (unpaired) electrons. The first-order valence-electron chi connectivity index (χ1n) is 18.6. The summed E-state index contributed by atoms with van der Waals surface area (Å²) in [5, 5.41) is 9.92. The Bertz CT molecular complexity index is 3180. The number of nitrogens with zero attached hydrogens (tertiary/aromatic N) is 4. The largest absolute Gasteiger partial charge is 0.278 e. The van der Waals surface area contributed by atoms with Gasteiger partial charge in [0.25, 0.3) is 0 Å². The second-order valence-electron chi connectivity index (χ2n) is 14.0. The third-order valence-corrected chi connectivity index (χ3v) is 10.9. The highest BCUT2D eigenvalue weighted by Crippen LogP contribution is 2.40. The number of hydrogen-bond donors (Lipinski definition) is 0. The van der Waals surface area contributed by atoms with Crippen molar-refractivity contribution in [3.05, 3.63) is 194 Å². The molecule has 0 unspecified atom stereocenters. The molecule has 11 rings (SSSR count). The molecule has 55 heavy (non-hydrogen) atoms.